The molecule has 0 aromatic heterocycles. The van der Waals surface area contributed by atoms with Crippen molar-refractivity contribution in [3.8, 4) is 0 Å². The van der Waals surface area contributed by atoms with E-state index in [4.69, 9.17) is 9.05 Å². The Hall–Kier alpha value is -0.500. The SMILES string of the molecule is CCCCCCCCCCCCCCCCCCCCCCCCCC(=O)NC(COP(=O)(O)OCC[N+](C)(C)C)C(O)CCCCCCCCCCCCCCCCCC. The molecular weight excluding hydrogens is 780 g/mol. The van der Waals surface area contributed by atoms with E-state index in [0.29, 0.717) is 23.9 Å². The molecule has 0 spiro atoms. The molecule has 61 heavy (non-hydrogen) atoms. The lowest BCUT2D eigenvalue weighted by atomic mass is 10.0. The zero-order valence-electron chi connectivity index (χ0n) is 41.7. The van der Waals surface area contributed by atoms with E-state index >= 15 is 0 Å². The summed E-state index contributed by atoms with van der Waals surface area (Å²) in [5, 5.41) is 14.0. The maximum atomic E-state index is 13.0. The molecule has 0 radical (unpaired) electrons. The molecule has 0 aromatic carbocycles. The first-order valence-electron chi connectivity index (χ1n) is 26.9. The van der Waals surface area contributed by atoms with Crippen molar-refractivity contribution < 1.29 is 32.9 Å². The molecule has 0 fully saturated rings. The number of hydrogen-bond acceptors (Lipinski definition) is 5. The Morgan fingerprint density at radius 3 is 1.10 bits per heavy atom. The van der Waals surface area contributed by atoms with Gasteiger partial charge in [0.2, 0.25) is 5.91 Å². The first-order valence-corrected chi connectivity index (χ1v) is 28.4. The van der Waals surface area contributed by atoms with E-state index < -0.39 is 20.0 Å². The Morgan fingerprint density at radius 1 is 0.492 bits per heavy atom. The number of aliphatic hydroxyl groups is 1. The smallest absolute Gasteiger partial charge is 0.391 e. The Bertz CT molecular complexity index is 963. The maximum absolute atomic E-state index is 13.0. The van der Waals surface area contributed by atoms with Gasteiger partial charge in [-0.3, -0.25) is 13.8 Å². The minimum Gasteiger partial charge on any atom is -0.391 e. The van der Waals surface area contributed by atoms with Gasteiger partial charge in [-0.05, 0) is 12.8 Å². The lowest BCUT2D eigenvalue weighted by Crippen LogP contribution is -2.46. The van der Waals surface area contributed by atoms with Crippen LogP contribution in [0.25, 0.3) is 0 Å². The molecule has 0 aliphatic carbocycles. The Kier molecular flexibility index (Phi) is 44.3. The first kappa shape index (κ1) is 60.5. The summed E-state index contributed by atoms with van der Waals surface area (Å²) >= 11 is 0. The van der Waals surface area contributed by atoms with Gasteiger partial charge in [0.1, 0.15) is 13.2 Å². The number of phosphoric ester groups is 1. The number of nitrogens with one attached hydrogen (secondary N) is 1. The first-order chi connectivity index (χ1) is 29.5. The molecule has 366 valence electrons. The van der Waals surface area contributed by atoms with Gasteiger partial charge in [-0.2, -0.15) is 0 Å². The summed E-state index contributed by atoms with van der Waals surface area (Å²) in [5.74, 6) is -0.137. The van der Waals surface area contributed by atoms with Gasteiger partial charge in [-0.25, -0.2) is 4.57 Å². The minimum absolute atomic E-state index is 0.0790. The molecule has 1 amide bonds. The zero-order valence-corrected chi connectivity index (χ0v) is 42.6. The van der Waals surface area contributed by atoms with Crippen LogP contribution in [0.1, 0.15) is 277 Å². The number of aliphatic hydroxyl groups excluding tert-OH is 1. The summed E-state index contributed by atoms with van der Waals surface area (Å²) in [6, 6.07) is -0.754. The molecule has 0 rings (SSSR count). The number of quaternary nitrogens is 1. The topological polar surface area (TPSA) is 105 Å². The van der Waals surface area contributed by atoms with Crippen LogP contribution in [0.15, 0.2) is 0 Å². The molecule has 8 nitrogen and oxygen atoms in total. The third-order valence-electron chi connectivity index (χ3n) is 12.6. The quantitative estimate of drug-likeness (QED) is 0.0319. The van der Waals surface area contributed by atoms with Crippen molar-refractivity contribution in [1.82, 2.24) is 5.32 Å². The van der Waals surface area contributed by atoms with Crippen LogP contribution in [0.3, 0.4) is 0 Å². The van der Waals surface area contributed by atoms with E-state index in [-0.39, 0.29) is 19.1 Å². The standard InChI is InChI=1S/C52H107N2O6P/c1-6-8-10-12-14-16-18-20-22-24-25-26-27-28-29-30-32-34-36-38-40-42-44-46-52(56)53-50(49-60-61(57,58)59-48-47-54(3,4)5)51(55)45-43-41-39-37-35-33-31-23-21-19-17-15-13-11-9-7-2/h50-51,55H,6-49H2,1-5H3,(H-,53,56,57,58)/p+1. The molecule has 0 heterocycles. The monoisotopic (exact) mass is 888 g/mol. The third-order valence-corrected chi connectivity index (χ3v) is 13.6. The fourth-order valence-corrected chi connectivity index (χ4v) is 9.08. The van der Waals surface area contributed by atoms with Crippen LogP contribution in [0, 0.1) is 0 Å². The molecule has 0 aliphatic rings. The van der Waals surface area contributed by atoms with Gasteiger partial charge in [0.05, 0.1) is 39.9 Å². The summed E-state index contributed by atoms with van der Waals surface area (Å²) in [6.07, 6.45) is 51.4. The van der Waals surface area contributed by atoms with Crippen LogP contribution < -0.4 is 5.32 Å². The van der Waals surface area contributed by atoms with E-state index in [2.05, 4.69) is 19.2 Å². The lowest BCUT2D eigenvalue weighted by Gasteiger charge is -2.26. The van der Waals surface area contributed by atoms with E-state index in [9.17, 15) is 19.4 Å². The Balaban J connectivity index is 4.15. The summed E-state index contributed by atoms with van der Waals surface area (Å²) in [5.41, 5.74) is 0. The molecule has 0 aliphatic heterocycles. The van der Waals surface area contributed by atoms with Gasteiger partial charge in [-0.1, -0.05) is 258 Å². The second-order valence-electron chi connectivity index (χ2n) is 20.0. The average Bonchev–Trinajstić information content (AvgIpc) is 3.21. The number of carbonyl (C=O) groups excluding carboxylic acids is 1. The second-order valence-corrected chi connectivity index (χ2v) is 21.4. The van der Waals surface area contributed by atoms with E-state index in [0.717, 1.165) is 38.5 Å². The molecular formula is C52H108N2O6P+. The normalized spacial score (nSPS) is 14.0. The number of rotatable bonds is 50. The van der Waals surface area contributed by atoms with Gasteiger partial charge in [0.25, 0.3) is 0 Å². The van der Waals surface area contributed by atoms with Crippen molar-refractivity contribution in [3.05, 3.63) is 0 Å². The van der Waals surface area contributed by atoms with Crippen molar-refractivity contribution >= 4 is 13.7 Å². The van der Waals surface area contributed by atoms with Gasteiger partial charge in [0.15, 0.2) is 0 Å². The van der Waals surface area contributed by atoms with Gasteiger partial charge < -0.3 is 19.8 Å². The van der Waals surface area contributed by atoms with Crippen LogP contribution in [-0.4, -0.2) is 73.4 Å². The van der Waals surface area contributed by atoms with Gasteiger partial charge in [0, 0.05) is 6.42 Å². The summed E-state index contributed by atoms with van der Waals surface area (Å²) in [7, 11) is 1.63. The fourth-order valence-electron chi connectivity index (χ4n) is 8.34. The highest BCUT2D eigenvalue weighted by atomic mass is 31.2. The number of amides is 1. The van der Waals surface area contributed by atoms with E-state index in [1.54, 1.807) is 0 Å². The predicted octanol–water partition coefficient (Wildman–Crippen LogP) is 15.7. The number of hydrogen-bond donors (Lipinski definition) is 3. The molecule has 0 aromatic rings. The third kappa shape index (κ3) is 47.3. The highest BCUT2D eigenvalue weighted by Crippen LogP contribution is 2.43. The summed E-state index contributed by atoms with van der Waals surface area (Å²) in [6.45, 7) is 4.93. The molecule has 3 N–H and O–H groups in total. The van der Waals surface area contributed by atoms with E-state index in [1.807, 2.05) is 21.1 Å². The van der Waals surface area contributed by atoms with Crippen molar-refractivity contribution in [1.29, 1.82) is 0 Å². The summed E-state index contributed by atoms with van der Waals surface area (Å²) in [4.78, 5) is 23.3. The highest BCUT2D eigenvalue weighted by Gasteiger charge is 2.28. The van der Waals surface area contributed by atoms with E-state index in [1.165, 1.54) is 212 Å². The molecule has 3 atom stereocenters. The summed E-state index contributed by atoms with van der Waals surface area (Å²) < 4.78 is 23.7. The number of unbranched alkanes of at least 4 members (excludes halogenated alkanes) is 37. The van der Waals surface area contributed by atoms with Gasteiger partial charge >= 0.3 is 7.82 Å². The number of likely N-dealkylation sites (N-methyl/N-ethyl adjacent to an activating group) is 1. The Morgan fingerprint density at radius 2 is 0.787 bits per heavy atom. The van der Waals surface area contributed by atoms with Crippen LogP contribution in [0.2, 0.25) is 0 Å². The second kappa shape index (κ2) is 44.7. The van der Waals surface area contributed by atoms with Crippen molar-refractivity contribution in [2.45, 2.75) is 289 Å². The molecule has 0 saturated heterocycles. The average molecular weight is 888 g/mol. The zero-order chi connectivity index (χ0) is 45.0. The fraction of sp³-hybridized carbons (Fsp3) is 0.981. The number of phosphoric acid groups is 1. The maximum Gasteiger partial charge on any atom is 0.472 e. The molecule has 9 heteroatoms. The largest absolute Gasteiger partial charge is 0.472 e. The predicted molar refractivity (Wildman–Crippen MR) is 263 cm³/mol. The minimum atomic E-state index is -4.31. The van der Waals surface area contributed by atoms with Gasteiger partial charge in [-0.15, -0.1) is 0 Å². The van der Waals surface area contributed by atoms with Crippen molar-refractivity contribution in [2.24, 2.45) is 0 Å². The number of carbonyl (C=O) groups is 1. The van der Waals surface area contributed by atoms with Crippen LogP contribution in [0.5, 0.6) is 0 Å². The van der Waals surface area contributed by atoms with Crippen molar-refractivity contribution in [3.63, 3.8) is 0 Å². The number of nitrogens with zero attached hydrogens (tertiary/aromatic N) is 1. The van der Waals surface area contributed by atoms with Crippen molar-refractivity contribution in [2.75, 3.05) is 40.9 Å². The Labute approximate surface area is 380 Å². The van der Waals surface area contributed by atoms with Crippen LogP contribution in [-0.2, 0) is 18.4 Å². The molecule has 0 saturated carbocycles. The van der Waals surface area contributed by atoms with Crippen LogP contribution in [0.4, 0.5) is 0 Å². The van der Waals surface area contributed by atoms with Crippen LogP contribution >= 0.6 is 7.82 Å². The lowest BCUT2D eigenvalue weighted by molar-refractivity contribution is -0.870. The molecule has 0 bridgehead atoms. The highest BCUT2D eigenvalue weighted by molar-refractivity contribution is 7.47. The molecule has 3 unspecified atom stereocenters.